The first-order valence-corrected chi connectivity index (χ1v) is 7.97. The summed E-state index contributed by atoms with van der Waals surface area (Å²) in [6.45, 7) is 5.03. The molecule has 1 aromatic carbocycles. The summed E-state index contributed by atoms with van der Waals surface area (Å²) in [6.07, 6.45) is -4.67. The summed E-state index contributed by atoms with van der Waals surface area (Å²) in [5.74, 6) is -1.40. The Labute approximate surface area is 147 Å². The third-order valence-electron chi connectivity index (χ3n) is 3.97. The first-order chi connectivity index (χ1) is 12.2. The molecule has 136 valence electrons. The Hall–Kier alpha value is -2.90. The number of hydrogen-bond donors (Lipinski definition) is 1. The lowest BCUT2D eigenvalue weighted by Gasteiger charge is -2.18. The SMILES string of the molecule is Cc1cc(C)nc(NC(=O)[C@@H](C)n2c(C(F)(F)F)nc3ccccc32)c1. The van der Waals surface area contributed by atoms with Crippen molar-refractivity contribution in [3.05, 3.63) is 53.5 Å². The number of fused-ring (bicyclic) bond motifs is 1. The number of pyridine rings is 1. The number of rotatable bonds is 3. The van der Waals surface area contributed by atoms with E-state index in [1.807, 2.05) is 13.0 Å². The molecule has 0 saturated heterocycles. The van der Waals surface area contributed by atoms with Gasteiger partial charge in [-0.3, -0.25) is 4.79 Å². The van der Waals surface area contributed by atoms with Crippen LogP contribution in [0.3, 0.4) is 0 Å². The second kappa shape index (κ2) is 6.44. The third kappa shape index (κ3) is 3.40. The highest BCUT2D eigenvalue weighted by Gasteiger charge is 2.39. The normalized spacial score (nSPS) is 13.0. The van der Waals surface area contributed by atoms with E-state index < -0.39 is 23.9 Å². The molecule has 0 fully saturated rings. The van der Waals surface area contributed by atoms with E-state index in [1.54, 1.807) is 25.1 Å². The molecule has 0 unspecified atom stereocenters. The molecule has 1 N–H and O–H groups in total. The van der Waals surface area contributed by atoms with Crippen molar-refractivity contribution in [1.82, 2.24) is 14.5 Å². The average Bonchev–Trinajstić information content (AvgIpc) is 2.92. The van der Waals surface area contributed by atoms with Crippen molar-refractivity contribution in [2.75, 3.05) is 5.32 Å². The lowest BCUT2D eigenvalue weighted by molar-refractivity contribution is -0.148. The molecule has 0 aliphatic heterocycles. The van der Waals surface area contributed by atoms with Gasteiger partial charge >= 0.3 is 6.18 Å². The Morgan fingerprint density at radius 2 is 1.85 bits per heavy atom. The van der Waals surface area contributed by atoms with Gasteiger partial charge in [-0.05, 0) is 50.6 Å². The van der Waals surface area contributed by atoms with E-state index in [-0.39, 0.29) is 11.0 Å². The first-order valence-electron chi connectivity index (χ1n) is 7.97. The number of anilines is 1. The van der Waals surface area contributed by atoms with Crippen molar-refractivity contribution < 1.29 is 18.0 Å². The van der Waals surface area contributed by atoms with Gasteiger partial charge in [0.2, 0.25) is 11.7 Å². The van der Waals surface area contributed by atoms with Gasteiger partial charge in [0.05, 0.1) is 11.0 Å². The van der Waals surface area contributed by atoms with E-state index >= 15 is 0 Å². The number of alkyl halides is 3. The summed E-state index contributed by atoms with van der Waals surface area (Å²) in [4.78, 5) is 20.4. The lowest BCUT2D eigenvalue weighted by atomic mass is 10.2. The van der Waals surface area contributed by atoms with Gasteiger partial charge in [0.1, 0.15) is 11.9 Å². The minimum absolute atomic E-state index is 0.184. The fraction of sp³-hybridized carbons (Fsp3) is 0.278. The van der Waals surface area contributed by atoms with Crippen LogP contribution in [0.2, 0.25) is 0 Å². The van der Waals surface area contributed by atoms with Crippen LogP contribution in [0.4, 0.5) is 19.0 Å². The van der Waals surface area contributed by atoms with Crippen molar-refractivity contribution >= 4 is 22.8 Å². The summed E-state index contributed by atoms with van der Waals surface area (Å²) >= 11 is 0. The zero-order valence-electron chi connectivity index (χ0n) is 14.4. The van der Waals surface area contributed by atoms with Gasteiger partial charge < -0.3 is 9.88 Å². The van der Waals surface area contributed by atoms with Crippen LogP contribution in [0, 0.1) is 13.8 Å². The number of carbonyl (C=O) groups excluding carboxylic acids is 1. The van der Waals surface area contributed by atoms with Crippen LogP contribution in [0.15, 0.2) is 36.4 Å². The maximum Gasteiger partial charge on any atom is 0.449 e. The van der Waals surface area contributed by atoms with E-state index in [0.717, 1.165) is 10.1 Å². The highest BCUT2D eigenvalue weighted by Crippen LogP contribution is 2.34. The molecule has 0 radical (unpaired) electrons. The molecule has 26 heavy (non-hydrogen) atoms. The Bertz CT molecular complexity index is 958. The van der Waals surface area contributed by atoms with E-state index in [9.17, 15) is 18.0 Å². The molecule has 5 nitrogen and oxygen atoms in total. The van der Waals surface area contributed by atoms with Gasteiger partial charge in [-0.2, -0.15) is 13.2 Å². The second-order valence-corrected chi connectivity index (χ2v) is 6.13. The maximum atomic E-state index is 13.4. The summed E-state index contributed by atoms with van der Waals surface area (Å²) in [5.41, 5.74) is 2.03. The predicted molar refractivity (Wildman–Crippen MR) is 91.8 cm³/mol. The van der Waals surface area contributed by atoms with Crippen molar-refractivity contribution in [1.29, 1.82) is 0 Å². The summed E-state index contributed by atoms with van der Waals surface area (Å²) < 4.78 is 41.2. The quantitative estimate of drug-likeness (QED) is 0.757. The van der Waals surface area contributed by atoms with E-state index in [0.29, 0.717) is 11.5 Å². The van der Waals surface area contributed by atoms with Gasteiger partial charge in [-0.25, -0.2) is 9.97 Å². The predicted octanol–water partition coefficient (Wildman–Crippen LogP) is 4.27. The van der Waals surface area contributed by atoms with Crippen LogP contribution in [0.1, 0.15) is 30.0 Å². The molecule has 0 aliphatic carbocycles. The number of nitrogens with one attached hydrogen (secondary N) is 1. The Morgan fingerprint density at radius 3 is 2.50 bits per heavy atom. The minimum Gasteiger partial charge on any atom is -0.309 e. The van der Waals surface area contributed by atoms with E-state index in [1.165, 1.54) is 19.1 Å². The molecular formula is C18H17F3N4O. The van der Waals surface area contributed by atoms with Crippen molar-refractivity contribution in [2.24, 2.45) is 0 Å². The molecule has 1 atom stereocenters. The van der Waals surface area contributed by atoms with E-state index in [2.05, 4.69) is 15.3 Å². The Kier molecular flexibility index (Phi) is 4.43. The van der Waals surface area contributed by atoms with Crippen LogP contribution in [-0.4, -0.2) is 20.4 Å². The number of amides is 1. The topological polar surface area (TPSA) is 59.8 Å². The molecule has 0 saturated carbocycles. The molecule has 3 rings (SSSR count). The number of carbonyl (C=O) groups is 1. The zero-order valence-corrected chi connectivity index (χ0v) is 14.4. The monoisotopic (exact) mass is 362 g/mol. The largest absolute Gasteiger partial charge is 0.449 e. The zero-order chi connectivity index (χ0) is 19.1. The van der Waals surface area contributed by atoms with Crippen molar-refractivity contribution in [3.8, 4) is 0 Å². The molecule has 8 heteroatoms. The number of benzene rings is 1. The number of imidazole rings is 1. The molecule has 0 bridgehead atoms. The van der Waals surface area contributed by atoms with Crippen molar-refractivity contribution in [3.63, 3.8) is 0 Å². The standard InChI is InChI=1S/C18H17F3N4O/c1-10-8-11(2)22-15(9-10)24-16(26)12(3)25-14-7-5-4-6-13(14)23-17(25)18(19,20)21/h4-9,12H,1-3H3,(H,22,24,26)/t12-/m1/s1. The number of aryl methyl sites for hydroxylation is 2. The second-order valence-electron chi connectivity index (χ2n) is 6.13. The van der Waals surface area contributed by atoms with Gasteiger partial charge in [0.15, 0.2) is 0 Å². The van der Waals surface area contributed by atoms with Gasteiger partial charge in [0.25, 0.3) is 0 Å². The van der Waals surface area contributed by atoms with Crippen LogP contribution < -0.4 is 5.32 Å². The highest BCUT2D eigenvalue weighted by atomic mass is 19.4. The summed E-state index contributed by atoms with van der Waals surface area (Å²) in [5, 5.41) is 2.59. The number of para-hydroxylation sites is 2. The van der Waals surface area contributed by atoms with Gasteiger partial charge in [-0.15, -0.1) is 0 Å². The molecule has 2 aromatic heterocycles. The highest BCUT2D eigenvalue weighted by molar-refractivity contribution is 5.94. The number of nitrogens with zero attached hydrogens (tertiary/aromatic N) is 3. The van der Waals surface area contributed by atoms with Crippen LogP contribution >= 0.6 is 0 Å². The lowest BCUT2D eigenvalue weighted by Crippen LogP contribution is -2.27. The fourth-order valence-electron chi connectivity index (χ4n) is 2.89. The molecule has 0 aliphatic rings. The Balaban J connectivity index is 2.01. The average molecular weight is 362 g/mol. The number of aromatic nitrogens is 3. The molecule has 0 spiro atoms. The fourth-order valence-corrected chi connectivity index (χ4v) is 2.89. The third-order valence-corrected chi connectivity index (χ3v) is 3.97. The number of hydrogen-bond acceptors (Lipinski definition) is 3. The molecule has 1 amide bonds. The molecule has 3 aromatic rings. The Morgan fingerprint density at radius 1 is 1.15 bits per heavy atom. The summed E-state index contributed by atoms with van der Waals surface area (Å²) in [6, 6.07) is 8.58. The van der Waals surface area contributed by atoms with Gasteiger partial charge in [0, 0.05) is 5.69 Å². The van der Waals surface area contributed by atoms with Crippen LogP contribution in [0.5, 0.6) is 0 Å². The minimum atomic E-state index is -4.67. The number of halogens is 3. The maximum absolute atomic E-state index is 13.4. The van der Waals surface area contributed by atoms with Crippen molar-refractivity contribution in [2.45, 2.75) is 33.0 Å². The van der Waals surface area contributed by atoms with Crippen LogP contribution in [0.25, 0.3) is 11.0 Å². The molecule has 2 heterocycles. The van der Waals surface area contributed by atoms with Crippen LogP contribution in [-0.2, 0) is 11.0 Å². The smallest absolute Gasteiger partial charge is 0.309 e. The van der Waals surface area contributed by atoms with Gasteiger partial charge in [-0.1, -0.05) is 12.1 Å². The molecular weight excluding hydrogens is 345 g/mol. The first kappa shape index (κ1) is 17.9. The van der Waals surface area contributed by atoms with E-state index in [4.69, 9.17) is 0 Å². The summed E-state index contributed by atoms with van der Waals surface area (Å²) in [7, 11) is 0.